The number of rotatable bonds is 5. The van der Waals surface area contributed by atoms with Crippen molar-refractivity contribution in [2.75, 3.05) is 20.2 Å². The Morgan fingerprint density at radius 3 is 2.64 bits per heavy atom. The molecular formula is C20H25NO. The van der Waals surface area contributed by atoms with E-state index in [0.29, 0.717) is 0 Å². The average Bonchev–Trinajstić information content (AvgIpc) is 2.55. The second-order valence-electron chi connectivity index (χ2n) is 6.25. The van der Waals surface area contributed by atoms with Crippen LogP contribution in [0.2, 0.25) is 0 Å². The van der Waals surface area contributed by atoms with Gasteiger partial charge in [-0.05, 0) is 61.6 Å². The summed E-state index contributed by atoms with van der Waals surface area (Å²) in [4.78, 5) is 2.58. The molecule has 0 aromatic heterocycles. The molecule has 22 heavy (non-hydrogen) atoms. The lowest BCUT2D eigenvalue weighted by atomic mass is 9.97. The summed E-state index contributed by atoms with van der Waals surface area (Å²) in [5.74, 6) is 0.937. The van der Waals surface area contributed by atoms with E-state index in [9.17, 15) is 0 Å². The lowest BCUT2D eigenvalue weighted by Gasteiger charge is -2.29. The minimum Gasteiger partial charge on any atom is -0.497 e. The zero-order valence-corrected chi connectivity index (χ0v) is 13.6. The van der Waals surface area contributed by atoms with Gasteiger partial charge < -0.3 is 4.74 Å². The summed E-state index contributed by atoms with van der Waals surface area (Å²) in [5.41, 5.74) is 5.84. The molecule has 2 aromatic rings. The Morgan fingerprint density at radius 1 is 1.05 bits per heavy atom. The molecule has 0 amide bonds. The van der Waals surface area contributed by atoms with Gasteiger partial charge >= 0.3 is 0 Å². The van der Waals surface area contributed by atoms with E-state index in [1.807, 2.05) is 0 Å². The van der Waals surface area contributed by atoms with Crippen LogP contribution in [0, 0.1) is 6.92 Å². The fraction of sp³-hybridized carbons (Fsp3) is 0.400. The van der Waals surface area contributed by atoms with Crippen LogP contribution in [0.25, 0.3) is 0 Å². The van der Waals surface area contributed by atoms with E-state index in [4.69, 9.17) is 4.74 Å². The second-order valence-corrected chi connectivity index (χ2v) is 6.25. The molecule has 0 saturated heterocycles. The first-order valence-electron chi connectivity index (χ1n) is 8.18. The molecule has 0 spiro atoms. The molecule has 0 fully saturated rings. The van der Waals surface area contributed by atoms with Gasteiger partial charge in [0, 0.05) is 13.1 Å². The maximum Gasteiger partial charge on any atom is 0.118 e. The first-order valence-corrected chi connectivity index (χ1v) is 8.18. The van der Waals surface area contributed by atoms with E-state index in [1.54, 1.807) is 12.7 Å². The normalized spacial score (nSPS) is 14.6. The highest BCUT2D eigenvalue weighted by atomic mass is 16.5. The number of ether oxygens (including phenoxy) is 1. The largest absolute Gasteiger partial charge is 0.497 e. The maximum absolute atomic E-state index is 5.20. The second kappa shape index (κ2) is 6.97. The van der Waals surface area contributed by atoms with Gasteiger partial charge in [0.25, 0.3) is 0 Å². The molecule has 0 aliphatic carbocycles. The van der Waals surface area contributed by atoms with Crippen molar-refractivity contribution in [1.82, 2.24) is 4.90 Å². The van der Waals surface area contributed by atoms with Crippen LogP contribution in [0.5, 0.6) is 5.75 Å². The monoisotopic (exact) mass is 295 g/mol. The predicted octanol–water partition coefficient (Wildman–Crippen LogP) is 3.99. The van der Waals surface area contributed by atoms with Crippen molar-refractivity contribution < 1.29 is 4.74 Å². The van der Waals surface area contributed by atoms with Crippen molar-refractivity contribution in [3.05, 3.63) is 64.7 Å². The van der Waals surface area contributed by atoms with Crippen molar-refractivity contribution in [3.8, 4) is 5.75 Å². The molecule has 0 bridgehead atoms. The topological polar surface area (TPSA) is 12.5 Å². The number of nitrogens with zero attached hydrogens (tertiary/aromatic N) is 1. The fourth-order valence-corrected chi connectivity index (χ4v) is 3.23. The van der Waals surface area contributed by atoms with Crippen LogP contribution < -0.4 is 4.74 Å². The third-order valence-electron chi connectivity index (χ3n) is 4.55. The van der Waals surface area contributed by atoms with Crippen LogP contribution in [0.3, 0.4) is 0 Å². The Kier molecular flexibility index (Phi) is 4.79. The van der Waals surface area contributed by atoms with Crippen LogP contribution in [0.4, 0.5) is 0 Å². The molecule has 116 valence electrons. The Labute approximate surface area is 133 Å². The van der Waals surface area contributed by atoms with Gasteiger partial charge in [0.05, 0.1) is 7.11 Å². The maximum atomic E-state index is 5.20. The summed E-state index contributed by atoms with van der Waals surface area (Å²) in [6.45, 7) is 5.66. The molecule has 0 radical (unpaired) electrons. The standard InChI is InChI=1S/C20H25NO/c1-16-5-8-19-15-21(13-11-18(19)14-16)12-3-4-17-6-9-20(22-2)10-7-17/h5-10,14H,3-4,11-13,15H2,1-2H3. The van der Waals surface area contributed by atoms with E-state index >= 15 is 0 Å². The molecule has 3 rings (SSSR count). The van der Waals surface area contributed by atoms with Crippen LogP contribution in [-0.2, 0) is 19.4 Å². The predicted molar refractivity (Wildman–Crippen MR) is 91.5 cm³/mol. The first kappa shape index (κ1) is 15.1. The molecule has 0 N–H and O–H groups in total. The smallest absolute Gasteiger partial charge is 0.118 e. The van der Waals surface area contributed by atoms with Gasteiger partial charge in [-0.3, -0.25) is 4.90 Å². The molecular weight excluding hydrogens is 270 g/mol. The molecule has 0 atom stereocenters. The van der Waals surface area contributed by atoms with Crippen molar-refractivity contribution in [3.63, 3.8) is 0 Å². The number of benzene rings is 2. The fourth-order valence-electron chi connectivity index (χ4n) is 3.23. The van der Waals surface area contributed by atoms with E-state index in [0.717, 1.165) is 18.7 Å². The highest BCUT2D eigenvalue weighted by Gasteiger charge is 2.15. The van der Waals surface area contributed by atoms with Crippen molar-refractivity contribution >= 4 is 0 Å². The lowest BCUT2D eigenvalue weighted by Crippen LogP contribution is -2.31. The molecule has 1 heterocycles. The molecule has 0 unspecified atom stereocenters. The summed E-state index contributed by atoms with van der Waals surface area (Å²) in [5, 5.41) is 0. The van der Waals surface area contributed by atoms with Crippen molar-refractivity contribution in [1.29, 1.82) is 0 Å². The lowest BCUT2D eigenvalue weighted by molar-refractivity contribution is 0.251. The number of hydrogen-bond acceptors (Lipinski definition) is 2. The third-order valence-corrected chi connectivity index (χ3v) is 4.55. The summed E-state index contributed by atoms with van der Waals surface area (Å²) < 4.78 is 5.20. The Bertz CT molecular complexity index is 618. The van der Waals surface area contributed by atoms with E-state index in [1.165, 1.54) is 42.6 Å². The highest BCUT2D eigenvalue weighted by Crippen LogP contribution is 2.20. The van der Waals surface area contributed by atoms with Gasteiger partial charge in [-0.2, -0.15) is 0 Å². The van der Waals surface area contributed by atoms with Crippen LogP contribution >= 0.6 is 0 Å². The van der Waals surface area contributed by atoms with Gasteiger partial charge in [-0.15, -0.1) is 0 Å². The van der Waals surface area contributed by atoms with Gasteiger partial charge in [0.1, 0.15) is 5.75 Å². The van der Waals surface area contributed by atoms with Gasteiger partial charge in [0.15, 0.2) is 0 Å². The Morgan fingerprint density at radius 2 is 1.86 bits per heavy atom. The third kappa shape index (κ3) is 3.69. The van der Waals surface area contributed by atoms with Gasteiger partial charge in [-0.1, -0.05) is 35.9 Å². The molecule has 2 heteroatoms. The van der Waals surface area contributed by atoms with Crippen LogP contribution in [-0.4, -0.2) is 25.1 Å². The van der Waals surface area contributed by atoms with E-state index in [2.05, 4.69) is 54.3 Å². The minimum atomic E-state index is 0.937. The molecule has 2 aromatic carbocycles. The Balaban J connectivity index is 1.49. The average molecular weight is 295 g/mol. The van der Waals surface area contributed by atoms with Crippen LogP contribution in [0.15, 0.2) is 42.5 Å². The van der Waals surface area contributed by atoms with Gasteiger partial charge in [0.2, 0.25) is 0 Å². The molecule has 1 aliphatic rings. The Hall–Kier alpha value is -1.80. The number of hydrogen-bond donors (Lipinski definition) is 0. The summed E-state index contributed by atoms with van der Waals surface area (Å²) in [6.07, 6.45) is 3.55. The zero-order chi connectivity index (χ0) is 15.4. The molecule has 0 saturated carbocycles. The SMILES string of the molecule is COc1ccc(CCCN2CCc3cc(C)ccc3C2)cc1. The quantitative estimate of drug-likeness (QED) is 0.827. The first-order chi connectivity index (χ1) is 10.7. The van der Waals surface area contributed by atoms with E-state index in [-0.39, 0.29) is 0 Å². The van der Waals surface area contributed by atoms with Crippen molar-refractivity contribution in [2.24, 2.45) is 0 Å². The van der Waals surface area contributed by atoms with Gasteiger partial charge in [-0.25, -0.2) is 0 Å². The summed E-state index contributed by atoms with van der Waals surface area (Å²) >= 11 is 0. The highest BCUT2D eigenvalue weighted by molar-refractivity contribution is 5.33. The summed E-state index contributed by atoms with van der Waals surface area (Å²) in [7, 11) is 1.71. The molecule has 2 nitrogen and oxygen atoms in total. The minimum absolute atomic E-state index is 0.937. The summed E-state index contributed by atoms with van der Waals surface area (Å²) in [6, 6.07) is 15.3. The molecule has 1 aliphatic heterocycles. The zero-order valence-electron chi connectivity index (χ0n) is 13.6. The van der Waals surface area contributed by atoms with E-state index < -0.39 is 0 Å². The number of fused-ring (bicyclic) bond motifs is 1. The number of methoxy groups -OCH3 is 1. The number of aryl methyl sites for hydroxylation is 2. The van der Waals surface area contributed by atoms with Crippen molar-refractivity contribution in [2.45, 2.75) is 32.7 Å². The van der Waals surface area contributed by atoms with Crippen LogP contribution in [0.1, 0.15) is 28.7 Å².